The van der Waals surface area contributed by atoms with Crippen LogP contribution in [0.25, 0.3) is 10.9 Å². The van der Waals surface area contributed by atoms with Crippen LogP contribution in [-0.4, -0.2) is 40.0 Å². The summed E-state index contributed by atoms with van der Waals surface area (Å²) < 4.78 is 0. The molecule has 0 fully saturated rings. The molecule has 0 radical (unpaired) electrons. The van der Waals surface area contributed by atoms with Gasteiger partial charge in [0.25, 0.3) is 0 Å². The number of aromatic amines is 1. The number of carbonyl (C=O) groups excluding carboxylic acids is 1. The number of benzene rings is 2. The second-order valence-electron chi connectivity index (χ2n) is 6.91. The first-order valence-corrected chi connectivity index (χ1v) is 9.04. The Morgan fingerprint density at radius 1 is 1.15 bits per heavy atom. The third-order valence-corrected chi connectivity index (χ3v) is 4.95. The van der Waals surface area contributed by atoms with Crippen molar-refractivity contribution < 1.29 is 14.7 Å². The van der Waals surface area contributed by atoms with Gasteiger partial charge in [-0.25, -0.2) is 4.79 Å². The lowest BCUT2D eigenvalue weighted by molar-refractivity contribution is -0.149. The SMILES string of the molecule is Cc1ccc2[nH]cc(CCC(=O)N(C)C(Cc3ccccc3)C(=O)O)c2c1. The molecular formula is C22H24N2O3. The van der Waals surface area contributed by atoms with E-state index in [1.807, 2.05) is 55.6 Å². The minimum absolute atomic E-state index is 0.166. The molecular weight excluding hydrogens is 340 g/mol. The number of aliphatic carboxylic acids is 1. The zero-order chi connectivity index (χ0) is 19.4. The third-order valence-electron chi connectivity index (χ3n) is 4.95. The molecule has 5 heteroatoms. The Kier molecular flexibility index (Phi) is 5.60. The van der Waals surface area contributed by atoms with Crippen LogP contribution in [0.4, 0.5) is 0 Å². The number of carboxylic acid groups (broad SMARTS) is 1. The molecule has 0 aliphatic carbocycles. The zero-order valence-electron chi connectivity index (χ0n) is 15.6. The minimum Gasteiger partial charge on any atom is -0.480 e. The molecule has 3 rings (SSSR count). The fourth-order valence-corrected chi connectivity index (χ4v) is 3.32. The molecule has 1 heterocycles. The van der Waals surface area contributed by atoms with Crippen molar-refractivity contribution in [2.45, 2.75) is 32.2 Å². The molecule has 0 spiro atoms. The number of carboxylic acids is 1. The highest BCUT2D eigenvalue weighted by Gasteiger charge is 2.26. The normalized spacial score (nSPS) is 12.1. The molecule has 3 aromatic rings. The van der Waals surface area contributed by atoms with Crippen molar-refractivity contribution in [3.8, 4) is 0 Å². The Morgan fingerprint density at radius 2 is 1.89 bits per heavy atom. The van der Waals surface area contributed by atoms with Gasteiger partial charge in [-0.2, -0.15) is 0 Å². The molecule has 0 aliphatic heterocycles. The molecule has 2 aromatic carbocycles. The summed E-state index contributed by atoms with van der Waals surface area (Å²) in [6.45, 7) is 2.04. The van der Waals surface area contributed by atoms with E-state index < -0.39 is 12.0 Å². The summed E-state index contributed by atoms with van der Waals surface area (Å²) in [4.78, 5) is 28.9. The number of nitrogens with one attached hydrogen (secondary N) is 1. The van der Waals surface area contributed by atoms with Crippen LogP contribution in [0.1, 0.15) is 23.1 Å². The number of H-pyrrole nitrogens is 1. The standard InChI is InChI=1S/C22H24N2O3/c1-15-8-10-19-18(12-15)17(14-23-19)9-11-21(25)24(2)20(22(26)27)13-16-6-4-3-5-7-16/h3-8,10,12,14,20,23H,9,11,13H2,1-2H3,(H,26,27). The van der Waals surface area contributed by atoms with Gasteiger partial charge in [0.05, 0.1) is 0 Å². The number of likely N-dealkylation sites (N-methyl/N-ethyl adjacent to an activating group) is 1. The molecule has 0 bridgehead atoms. The highest BCUT2D eigenvalue weighted by molar-refractivity contribution is 5.86. The highest BCUT2D eigenvalue weighted by Crippen LogP contribution is 2.21. The average molecular weight is 364 g/mol. The molecule has 27 heavy (non-hydrogen) atoms. The van der Waals surface area contributed by atoms with Crippen molar-refractivity contribution >= 4 is 22.8 Å². The van der Waals surface area contributed by atoms with E-state index in [-0.39, 0.29) is 12.3 Å². The zero-order valence-corrected chi connectivity index (χ0v) is 15.6. The van der Waals surface area contributed by atoms with E-state index >= 15 is 0 Å². The van der Waals surface area contributed by atoms with E-state index in [1.54, 1.807) is 7.05 Å². The van der Waals surface area contributed by atoms with Gasteiger partial charge in [0, 0.05) is 37.0 Å². The Hall–Kier alpha value is -3.08. The maximum atomic E-state index is 12.6. The van der Waals surface area contributed by atoms with Crippen LogP contribution in [0.15, 0.2) is 54.7 Å². The number of fused-ring (bicyclic) bond motifs is 1. The van der Waals surface area contributed by atoms with Gasteiger partial charge in [-0.05, 0) is 36.6 Å². The van der Waals surface area contributed by atoms with Gasteiger partial charge < -0.3 is 15.0 Å². The molecule has 1 unspecified atom stereocenters. The second kappa shape index (κ2) is 8.08. The molecule has 5 nitrogen and oxygen atoms in total. The van der Waals surface area contributed by atoms with E-state index in [2.05, 4.69) is 11.1 Å². The first-order valence-electron chi connectivity index (χ1n) is 9.04. The summed E-state index contributed by atoms with van der Waals surface area (Å²) in [6, 6.07) is 14.7. The van der Waals surface area contributed by atoms with E-state index in [0.29, 0.717) is 12.8 Å². The topological polar surface area (TPSA) is 73.4 Å². The third kappa shape index (κ3) is 4.37. The first kappa shape index (κ1) is 18.7. The molecule has 140 valence electrons. The minimum atomic E-state index is -0.988. The van der Waals surface area contributed by atoms with Gasteiger partial charge in [-0.3, -0.25) is 4.79 Å². The number of hydrogen-bond acceptors (Lipinski definition) is 2. The number of nitrogens with zero attached hydrogens (tertiary/aromatic N) is 1. The summed E-state index contributed by atoms with van der Waals surface area (Å²) >= 11 is 0. The average Bonchev–Trinajstić information content (AvgIpc) is 3.06. The highest BCUT2D eigenvalue weighted by atomic mass is 16.4. The van der Waals surface area contributed by atoms with Crippen LogP contribution in [0.3, 0.4) is 0 Å². The predicted octanol–water partition coefficient (Wildman–Crippen LogP) is 3.56. The molecule has 0 aliphatic rings. The molecule has 2 N–H and O–H groups in total. The fourth-order valence-electron chi connectivity index (χ4n) is 3.32. The Labute approximate surface area is 158 Å². The van der Waals surface area contributed by atoms with Gasteiger partial charge in [0.15, 0.2) is 0 Å². The maximum Gasteiger partial charge on any atom is 0.326 e. The quantitative estimate of drug-likeness (QED) is 0.673. The van der Waals surface area contributed by atoms with Gasteiger partial charge >= 0.3 is 5.97 Å². The number of carbonyl (C=O) groups is 2. The molecule has 1 aromatic heterocycles. The number of rotatable bonds is 7. The lowest BCUT2D eigenvalue weighted by atomic mass is 10.0. The molecule has 0 saturated carbocycles. The van der Waals surface area contributed by atoms with Gasteiger partial charge in [0.1, 0.15) is 6.04 Å². The Bertz CT molecular complexity index is 947. The van der Waals surface area contributed by atoms with Gasteiger partial charge in [-0.15, -0.1) is 0 Å². The number of aromatic nitrogens is 1. The Morgan fingerprint density at radius 3 is 2.59 bits per heavy atom. The number of aryl methyl sites for hydroxylation is 2. The second-order valence-corrected chi connectivity index (χ2v) is 6.91. The molecule has 1 atom stereocenters. The van der Waals surface area contributed by atoms with Crippen LogP contribution in [-0.2, 0) is 22.4 Å². The van der Waals surface area contributed by atoms with Crippen LogP contribution < -0.4 is 0 Å². The lowest BCUT2D eigenvalue weighted by Gasteiger charge is -2.25. The summed E-state index contributed by atoms with van der Waals surface area (Å²) in [6.07, 6.45) is 3.07. The van der Waals surface area contributed by atoms with Crippen molar-refractivity contribution in [3.05, 3.63) is 71.4 Å². The van der Waals surface area contributed by atoms with E-state index in [4.69, 9.17) is 0 Å². The number of hydrogen-bond donors (Lipinski definition) is 2. The van der Waals surface area contributed by atoms with Crippen molar-refractivity contribution in [1.82, 2.24) is 9.88 Å². The monoisotopic (exact) mass is 364 g/mol. The van der Waals surface area contributed by atoms with Crippen LogP contribution in [0.2, 0.25) is 0 Å². The fraction of sp³-hybridized carbons (Fsp3) is 0.273. The van der Waals surface area contributed by atoms with Crippen molar-refractivity contribution in [2.75, 3.05) is 7.05 Å². The maximum absolute atomic E-state index is 12.6. The Balaban J connectivity index is 1.68. The van der Waals surface area contributed by atoms with E-state index in [0.717, 1.165) is 22.0 Å². The molecule has 0 saturated heterocycles. The first-order chi connectivity index (χ1) is 13.0. The summed E-state index contributed by atoms with van der Waals surface area (Å²) in [5.41, 5.74) is 4.19. The van der Waals surface area contributed by atoms with Crippen molar-refractivity contribution in [3.63, 3.8) is 0 Å². The van der Waals surface area contributed by atoms with E-state index in [1.165, 1.54) is 10.5 Å². The van der Waals surface area contributed by atoms with Crippen LogP contribution >= 0.6 is 0 Å². The van der Waals surface area contributed by atoms with Gasteiger partial charge in [0.2, 0.25) is 5.91 Å². The summed E-state index contributed by atoms with van der Waals surface area (Å²) in [5.74, 6) is -1.15. The van der Waals surface area contributed by atoms with Crippen LogP contribution in [0, 0.1) is 6.92 Å². The molecule has 1 amide bonds. The van der Waals surface area contributed by atoms with E-state index in [9.17, 15) is 14.7 Å². The van der Waals surface area contributed by atoms with Gasteiger partial charge in [-0.1, -0.05) is 42.0 Å². The summed E-state index contributed by atoms with van der Waals surface area (Å²) in [5, 5.41) is 10.7. The van der Waals surface area contributed by atoms with Crippen LogP contribution in [0.5, 0.6) is 0 Å². The van der Waals surface area contributed by atoms with Crippen molar-refractivity contribution in [2.24, 2.45) is 0 Å². The lowest BCUT2D eigenvalue weighted by Crippen LogP contribution is -2.43. The number of amides is 1. The largest absolute Gasteiger partial charge is 0.480 e. The predicted molar refractivity (Wildman–Crippen MR) is 106 cm³/mol. The van der Waals surface area contributed by atoms with Crippen molar-refractivity contribution in [1.29, 1.82) is 0 Å². The summed E-state index contributed by atoms with van der Waals surface area (Å²) in [7, 11) is 1.57. The smallest absolute Gasteiger partial charge is 0.326 e.